The van der Waals surface area contributed by atoms with Crippen molar-refractivity contribution in [3.63, 3.8) is 0 Å². The molecule has 1 atom stereocenters. The predicted molar refractivity (Wildman–Crippen MR) is 86.5 cm³/mol. The van der Waals surface area contributed by atoms with E-state index in [1.807, 2.05) is 54.7 Å². The molecule has 2 heterocycles. The molecule has 1 aromatic heterocycles. The Morgan fingerprint density at radius 1 is 1.05 bits per heavy atom. The zero-order valence-corrected chi connectivity index (χ0v) is 12.2. The molecular formula is C19H15NO2. The fourth-order valence-electron chi connectivity index (χ4n) is 3.24. The molecule has 3 nitrogen and oxygen atoms in total. The minimum absolute atomic E-state index is 0.152. The summed E-state index contributed by atoms with van der Waals surface area (Å²) in [5, 5.41) is 1.18. The van der Waals surface area contributed by atoms with Gasteiger partial charge in [-0.2, -0.15) is 0 Å². The van der Waals surface area contributed by atoms with Crippen LogP contribution in [0.1, 0.15) is 17.2 Å². The van der Waals surface area contributed by atoms with Gasteiger partial charge in [0.15, 0.2) is 0 Å². The van der Waals surface area contributed by atoms with Crippen LogP contribution in [0.4, 0.5) is 0 Å². The molecule has 22 heavy (non-hydrogen) atoms. The van der Waals surface area contributed by atoms with Crippen LogP contribution in [0.2, 0.25) is 0 Å². The molecule has 4 rings (SSSR count). The Balaban J connectivity index is 2.01. The first kappa shape index (κ1) is 12.9. The highest BCUT2D eigenvalue weighted by Gasteiger charge is 2.29. The van der Waals surface area contributed by atoms with Crippen LogP contribution in [-0.2, 0) is 9.53 Å². The number of benzene rings is 2. The van der Waals surface area contributed by atoms with Crippen molar-refractivity contribution in [1.82, 2.24) is 4.57 Å². The molecule has 0 unspecified atom stereocenters. The van der Waals surface area contributed by atoms with E-state index in [0.717, 1.165) is 16.6 Å². The topological polar surface area (TPSA) is 31.2 Å². The van der Waals surface area contributed by atoms with Gasteiger partial charge < -0.3 is 9.30 Å². The Morgan fingerprint density at radius 2 is 1.86 bits per heavy atom. The maximum absolute atomic E-state index is 12.3. The van der Waals surface area contributed by atoms with Crippen LogP contribution < -0.4 is 0 Å². The lowest BCUT2D eigenvalue weighted by molar-refractivity contribution is -0.136. The molecule has 0 aliphatic carbocycles. The van der Waals surface area contributed by atoms with E-state index < -0.39 is 0 Å². The Kier molecular flexibility index (Phi) is 2.86. The van der Waals surface area contributed by atoms with Gasteiger partial charge in [-0.1, -0.05) is 48.5 Å². The summed E-state index contributed by atoms with van der Waals surface area (Å²) in [6, 6.07) is 18.1. The first-order valence-electron chi connectivity index (χ1n) is 7.24. The van der Waals surface area contributed by atoms with Gasteiger partial charge in [-0.3, -0.25) is 0 Å². The summed E-state index contributed by atoms with van der Waals surface area (Å²) in [5.41, 5.74) is 3.94. The molecule has 2 aromatic carbocycles. The van der Waals surface area contributed by atoms with Gasteiger partial charge in [0.1, 0.15) is 0 Å². The van der Waals surface area contributed by atoms with Crippen molar-refractivity contribution in [2.24, 2.45) is 0 Å². The van der Waals surface area contributed by atoms with Gasteiger partial charge in [-0.25, -0.2) is 4.79 Å². The van der Waals surface area contributed by atoms with Crippen molar-refractivity contribution < 1.29 is 9.53 Å². The van der Waals surface area contributed by atoms with Crippen LogP contribution in [0.25, 0.3) is 17.0 Å². The van der Waals surface area contributed by atoms with E-state index >= 15 is 0 Å². The van der Waals surface area contributed by atoms with Crippen molar-refractivity contribution >= 4 is 22.9 Å². The first-order valence-corrected chi connectivity index (χ1v) is 7.24. The first-order chi connectivity index (χ1) is 10.8. The Hall–Kier alpha value is -2.81. The molecule has 0 amide bonds. The number of para-hydroxylation sites is 1. The third-order valence-electron chi connectivity index (χ3n) is 4.19. The SMILES string of the molecule is COC(=O)C1=Cc2cccc3ccn(c23)[C@@H]1c1ccccc1. The molecule has 0 saturated heterocycles. The third kappa shape index (κ3) is 1.79. The second kappa shape index (κ2) is 4.88. The quantitative estimate of drug-likeness (QED) is 0.672. The van der Waals surface area contributed by atoms with E-state index in [0.29, 0.717) is 5.57 Å². The van der Waals surface area contributed by atoms with E-state index in [1.165, 1.54) is 12.5 Å². The molecule has 0 bridgehead atoms. The smallest absolute Gasteiger partial charge is 0.336 e. The summed E-state index contributed by atoms with van der Waals surface area (Å²) in [7, 11) is 1.43. The predicted octanol–water partition coefficient (Wildman–Crippen LogP) is 3.80. The zero-order valence-electron chi connectivity index (χ0n) is 12.2. The number of esters is 1. The summed E-state index contributed by atoms with van der Waals surface area (Å²) in [6.45, 7) is 0. The molecule has 0 radical (unpaired) electrons. The van der Waals surface area contributed by atoms with Crippen LogP contribution in [0.5, 0.6) is 0 Å². The minimum Gasteiger partial charge on any atom is -0.466 e. The summed E-state index contributed by atoms with van der Waals surface area (Å²) >= 11 is 0. The molecule has 108 valence electrons. The van der Waals surface area contributed by atoms with Gasteiger partial charge in [-0.15, -0.1) is 0 Å². The molecule has 0 fully saturated rings. The molecular weight excluding hydrogens is 274 g/mol. The van der Waals surface area contributed by atoms with Gasteiger partial charge in [0, 0.05) is 11.6 Å². The second-order valence-corrected chi connectivity index (χ2v) is 5.41. The molecule has 0 spiro atoms. The van der Waals surface area contributed by atoms with Gasteiger partial charge in [-0.05, 0) is 23.3 Å². The fourth-order valence-corrected chi connectivity index (χ4v) is 3.24. The molecule has 3 aromatic rings. The maximum atomic E-state index is 12.3. The number of methoxy groups -OCH3 is 1. The highest BCUT2D eigenvalue weighted by molar-refractivity contribution is 6.01. The Labute approximate surface area is 128 Å². The van der Waals surface area contributed by atoms with Crippen molar-refractivity contribution in [1.29, 1.82) is 0 Å². The van der Waals surface area contributed by atoms with E-state index in [1.54, 1.807) is 0 Å². The molecule has 1 aliphatic rings. The number of hydrogen-bond donors (Lipinski definition) is 0. The fraction of sp³-hybridized carbons (Fsp3) is 0.105. The zero-order chi connectivity index (χ0) is 15.1. The monoisotopic (exact) mass is 289 g/mol. The lowest BCUT2D eigenvalue weighted by Gasteiger charge is -2.26. The van der Waals surface area contributed by atoms with Crippen LogP contribution in [0, 0.1) is 0 Å². The number of aromatic nitrogens is 1. The van der Waals surface area contributed by atoms with Gasteiger partial charge in [0.05, 0.1) is 24.2 Å². The van der Waals surface area contributed by atoms with Crippen LogP contribution in [0.15, 0.2) is 66.4 Å². The minimum atomic E-state index is -0.287. The summed E-state index contributed by atoms with van der Waals surface area (Å²) < 4.78 is 7.17. The average Bonchev–Trinajstić information content (AvgIpc) is 3.00. The standard InChI is InChI=1S/C19H15NO2/c1-22-19(21)16-12-15-9-5-8-14-10-11-20(17(14)15)18(16)13-6-3-2-4-7-13/h2-12,18H,1H3/t18-/m1/s1. The molecule has 0 saturated carbocycles. The summed E-state index contributed by atoms with van der Waals surface area (Å²) in [6.07, 6.45) is 3.99. The Bertz CT molecular complexity index is 890. The molecule has 3 heteroatoms. The lowest BCUT2D eigenvalue weighted by atomic mass is 9.93. The molecule has 0 N–H and O–H groups in total. The lowest BCUT2D eigenvalue weighted by Crippen LogP contribution is -2.22. The van der Waals surface area contributed by atoms with Gasteiger partial charge in [0.25, 0.3) is 0 Å². The number of carbonyl (C=O) groups is 1. The number of rotatable bonds is 2. The summed E-state index contributed by atoms with van der Waals surface area (Å²) in [4.78, 5) is 12.3. The highest BCUT2D eigenvalue weighted by atomic mass is 16.5. The third-order valence-corrected chi connectivity index (χ3v) is 4.19. The maximum Gasteiger partial charge on any atom is 0.336 e. The van der Waals surface area contributed by atoms with Crippen molar-refractivity contribution in [2.75, 3.05) is 7.11 Å². The average molecular weight is 289 g/mol. The Morgan fingerprint density at radius 3 is 2.64 bits per heavy atom. The summed E-state index contributed by atoms with van der Waals surface area (Å²) in [5.74, 6) is -0.287. The van der Waals surface area contributed by atoms with E-state index in [4.69, 9.17) is 4.74 Å². The van der Waals surface area contributed by atoms with Crippen LogP contribution in [0.3, 0.4) is 0 Å². The largest absolute Gasteiger partial charge is 0.466 e. The van der Waals surface area contributed by atoms with E-state index in [9.17, 15) is 4.79 Å². The highest BCUT2D eigenvalue weighted by Crippen LogP contribution is 2.38. The number of carbonyl (C=O) groups excluding carboxylic acids is 1. The van der Waals surface area contributed by atoms with Crippen molar-refractivity contribution in [3.05, 3.63) is 77.5 Å². The van der Waals surface area contributed by atoms with Gasteiger partial charge >= 0.3 is 5.97 Å². The van der Waals surface area contributed by atoms with Gasteiger partial charge in [0.2, 0.25) is 0 Å². The number of hydrogen-bond acceptors (Lipinski definition) is 2. The van der Waals surface area contributed by atoms with E-state index in [2.05, 4.69) is 16.7 Å². The van der Waals surface area contributed by atoms with Crippen molar-refractivity contribution in [3.8, 4) is 0 Å². The molecule has 1 aliphatic heterocycles. The number of ether oxygens (including phenoxy) is 1. The normalized spacial score (nSPS) is 16.4. The van der Waals surface area contributed by atoms with Crippen LogP contribution >= 0.6 is 0 Å². The second-order valence-electron chi connectivity index (χ2n) is 5.41. The van der Waals surface area contributed by atoms with Crippen molar-refractivity contribution in [2.45, 2.75) is 6.04 Å². The number of nitrogens with zero attached hydrogens (tertiary/aromatic N) is 1. The van der Waals surface area contributed by atoms with Crippen LogP contribution in [-0.4, -0.2) is 17.6 Å². The van der Waals surface area contributed by atoms with E-state index in [-0.39, 0.29) is 12.0 Å².